The van der Waals surface area contributed by atoms with E-state index in [2.05, 4.69) is 32.9 Å². The molecule has 1 N–H and O–H groups in total. The van der Waals surface area contributed by atoms with Gasteiger partial charge in [-0.1, -0.05) is 43.2 Å². The van der Waals surface area contributed by atoms with Crippen LogP contribution in [0.5, 0.6) is 5.75 Å². The summed E-state index contributed by atoms with van der Waals surface area (Å²) in [4.78, 5) is 19.9. The quantitative estimate of drug-likeness (QED) is 0.824. The second-order valence-electron chi connectivity index (χ2n) is 9.35. The van der Waals surface area contributed by atoms with Gasteiger partial charge >= 0.3 is 0 Å². The van der Waals surface area contributed by atoms with Gasteiger partial charge in [0.1, 0.15) is 5.75 Å². The first-order valence-electron chi connectivity index (χ1n) is 11.8. The van der Waals surface area contributed by atoms with Crippen LogP contribution >= 0.6 is 0 Å². The number of amides is 1. The summed E-state index contributed by atoms with van der Waals surface area (Å²) < 4.78 is 0. The zero-order valence-corrected chi connectivity index (χ0v) is 18.3. The number of hydrogen-bond acceptors (Lipinski definition) is 4. The molecule has 2 aromatic rings. The SMILES string of the molecule is O=C(CN1CCc2cc(-c3cccc(O)c3)ccc2C1)N1CCN(C2CCCC2)CC1. The van der Waals surface area contributed by atoms with Gasteiger partial charge in [-0.3, -0.25) is 14.6 Å². The Labute approximate surface area is 185 Å². The third kappa shape index (κ3) is 4.63. The summed E-state index contributed by atoms with van der Waals surface area (Å²) in [6.07, 6.45) is 6.39. The number of carbonyl (C=O) groups excluding carboxylic acids is 1. The maximum atomic E-state index is 12.9. The van der Waals surface area contributed by atoms with Crippen molar-refractivity contribution in [2.45, 2.75) is 44.7 Å². The normalized spacial score (nSPS) is 20.7. The van der Waals surface area contributed by atoms with Gasteiger partial charge < -0.3 is 10.0 Å². The van der Waals surface area contributed by atoms with Crippen molar-refractivity contribution in [3.63, 3.8) is 0 Å². The monoisotopic (exact) mass is 419 g/mol. The molecule has 5 heteroatoms. The zero-order chi connectivity index (χ0) is 21.2. The Morgan fingerprint density at radius 3 is 2.45 bits per heavy atom. The molecule has 31 heavy (non-hydrogen) atoms. The third-order valence-corrected chi connectivity index (χ3v) is 7.34. The molecule has 1 aliphatic carbocycles. The summed E-state index contributed by atoms with van der Waals surface area (Å²) >= 11 is 0. The maximum absolute atomic E-state index is 12.9. The van der Waals surface area contributed by atoms with E-state index in [1.807, 2.05) is 18.2 Å². The Morgan fingerprint density at radius 1 is 0.903 bits per heavy atom. The molecule has 2 aromatic carbocycles. The van der Waals surface area contributed by atoms with E-state index >= 15 is 0 Å². The minimum atomic E-state index is 0.283. The predicted molar refractivity (Wildman–Crippen MR) is 123 cm³/mol. The van der Waals surface area contributed by atoms with Gasteiger partial charge in [0.2, 0.25) is 5.91 Å². The van der Waals surface area contributed by atoms with Crippen molar-refractivity contribution >= 4 is 5.91 Å². The fraction of sp³-hybridized carbons (Fsp3) is 0.500. The molecule has 0 aromatic heterocycles. The molecule has 0 bridgehead atoms. The lowest BCUT2D eigenvalue weighted by molar-refractivity contribution is -0.134. The van der Waals surface area contributed by atoms with Crippen molar-refractivity contribution in [1.82, 2.24) is 14.7 Å². The molecule has 1 amide bonds. The Hall–Kier alpha value is -2.37. The molecule has 164 valence electrons. The van der Waals surface area contributed by atoms with Crippen molar-refractivity contribution in [3.05, 3.63) is 53.6 Å². The molecule has 0 spiro atoms. The minimum Gasteiger partial charge on any atom is -0.508 e. The highest BCUT2D eigenvalue weighted by Gasteiger charge is 2.29. The first kappa shape index (κ1) is 20.5. The van der Waals surface area contributed by atoms with E-state index in [9.17, 15) is 9.90 Å². The van der Waals surface area contributed by atoms with Crippen LogP contribution in [-0.4, -0.2) is 71.0 Å². The van der Waals surface area contributed by atoms with E-state index in [1.165, 1.54) is 36.8 Å². The van der Waals surface area contributed by atoms with Crippen molar-refractivity contribution in [3.8, 4) is 16.9 Å². The average molecular weight is 420 g/mol. The number of fused-ring (bicyclic) bond motifs is 1. The third-order valence-electron chi connectivity index (χ3n) is 7.34. The molecular weight excluding hydrogens is 386 g/mol. The number of benzene rings is 2. The summed E-state index contributed by atoms with van der Waals surface area (Å²) in [7, 11) is 0. The lowest BCUT2D eigenvalue weighted by Gasteiger charge is -2.39. The van der Waals surface area contributed by atoms with Gasteiger partial charge in [-0.2, -0.15) is 0 Å². The van der Waals surface area contributed by atoms with Crippen molar-refractivity contribution in [2.75, 3.05) is 39.3 Å². The predicted octanol–water partition coefficient (Wildman–Crippen LogP) is 3.50. The van der Waals surface area contributed by atoms with Crippen LogP contribution in [0.15, 0.2) is 42.5 Å². The number of hydrogen-bond donors (Lipinski definition) is 1. The lowest BCUT2D eigenvalue weighted by atomic mass is 9.94. The molecular formula is C26H33N3O2. The first-order valence-corrected chi connectivity index (χ1v) is 11.8. The smallest absolute Gasteiger partial charge is 0.236 e. The van der Waals surface area contributed by atoms with Gasteiger partial charge in [0.25, 0.3) is 0 Å². The number of carbonyl (C=O) groups is 1. The fourth-order valence-electron chi connectivity index (χ4n) is 5.51. The summed E-state index contributed by atoms with van der Waals surface area (Å²) in [5, 5.41) is 9.76. The van der Waals surface area contributed by atoms with Crippen LogP contribution in [0.4, 0.5) is 0 Å². The lowest BCUT2D eigenvalue weighted by Crippen LogP contribution is -2.53. The second-order valence-corrected chi connectivity index (χ2v) is 9.35. The number of phenolic OH excluding ortho intramolecular Hbond substituents is 1. The van der Waals surface area contributed by atoms with Crippen LogP contribution in [0, 0.1) is 0 Å². The van der Waals surface area contributed by atoms with Gasteiger partial charge in [-0.25, -0.2) is 0 Å². The molecule has 2 aliphatic heterocycles. The van der Waals surface area contributed by atoms with Crippen LogP contribution in [0.25, 0.3) is 11.1 Å². The number of rotatable bonds is 4. The summed E-state index contributed by atoms with van der Waals surface area (Å²) in [6, 6.07) is 14.7. The molecule has 5 nitrogen and oxygen atoms in total. The maximum Gasteiger partial charge on any atom is 0.236 e. The van der Waals surface area contributed by atoms with Crippen LogP contribution in [-0.2, 0) is 17.8 Å². The Morgan fingerprint density at radius 2 is 1.68 bits per heavy atom. The summed E-state index contributed by atoms with van der Waals surface area (Å²) in [5.74, 6) is 0.579. The van der Waals surface area contributed by atoms with Crippen molar-refractivity contribution in [2.24, 2.45) is 0 Å². The van der Waals surface area contributed by atoms with Crippen LogP contribution in [0.2, 0.25) is 0 Å². The first-order chi connectivity index (χ1) is 15.2. The Bertz CT molecular complexity index is 930. The molecule has 0 atom stereocenters. The number of nitrogens with zero attached hydrogens (tertiary/aromatic N) is 3. The highest BCUT2D eigenvalue weighted by molar-refractivity contribution is 5.78. The minimum absolute atomic E-state index is 0.283. The molecule has 2 heterocycles. The van der Waals surface area contributed by atoms with E-state index in [4.69, 9.17) is 0 Å². The molecule has 3 aliphatic rings. The van der Waals surface area contributed by atoms with Gasteiger partial charge in [-0.15, -0.1) is 0 Å². The van der Waals surface area contributed by atoms with Crippen LogP contribution in [0.1, 0.15) is 36.8 Å². The Balaban J connectivity index is 1.16. The van der Waals surface area contributed by atoms with Crippen molar-refractivity contribution in [1.29, 1.82) is 0 Å². The molecule has 1 saturated carbocycles. The molecule has 0 unspecified atom stereocenters. The molecule has 1 saturated heterocycles. The van der Waals surface area contributed by atoms with Gasteiger partial charge in [0, 0.05) is 45.3 Å². The highest BCUT2D eigenvalue weighted by atomic mass is 16.3. The van der Waals surface area contributed by atoms with Gasteiger partial charge in [-0.05, 0) is 53.6 Å². The Kier molecular flexibility index (Phi) is 5.97. The molecule has 5 rings (SSSR count). The second kappa shape index (κ2) is 9.01. The summed E-state index contributed by atoms with van der Waals surface area (Å²) in [6.45, 7) is 6.12. The van der Waals surface area contributed by atoms with Gasteiger partial charge in [0.05, 0.1) is 6.54 Å². The number of phenols is 1. The van der Waals surface area contributed by atoms with E-state index < -0.39 is 0 Å². The number of aromatic hydroxyl groups is 1. The van der Waals surface area contributed by atoms with E-state index in [0.717, 1.165) is 62.9 Å². The fourth-order valence-corrected chi connectivity index (χ4v) is 5.51. The van der Waals surface area contributed by atoms with E-state index in [-0.39, 0.29) is 5.91 Å². The summed E-state index contributed by atoms with van der Waals surface area (Å²) in [5.41, 5.74) is 4.85. The number of piperazine rings is 1. The van der Waals surface area contributed by atoms with Crippen molar-refractivity contribution < 1.29 is 9.90 Å². The van der Waals surface area contributed by atoms with E-state index in [1.54, 1.807) is 6.07 Å². The average Bonchev–Trinajstić information content (AvgIpc) is 3.34. The molecule has 2 fully saturated rings. The molecule has 0 radical (unpaired) electrons. The highest BCUT2D eigenvalue weighted by Crippen LogP contribution is 2.28. The zero-order valence-electron chi connectivity index (χ0n) is 18.3. The standard InChI is InChI=1S/C26H33N3O2/c30-25-7-3-4-20(17-25)21-8-9-23-18-27(11-10-22(23)16-21)19-26(31)29-14-12-28(13-15-29)24-5-1-2-6-24/h3-4,7-9,16-17,24,30H,1-2,5-6,10-15,18-19H2. The van der Waals surface area contributed by atoms with Gasteiger partial charge in [0.15, 0.2) is 0 Å². The largest absolute Gasteiger partial charge is 0.508 e. The van der Waals surface area contributed by atoms with E-state index in [0.29, 0.717) is 12.3 Å². The van der Waals surface area contributed by atoms with Crippen LogP contribution in [0.3, 0.4) is 0 Å². The topological polar surface area (TPSA) is 47.0 Å². The van der Waals surface area contributed by atoms with Crippen LogP contribution < -0.4 is 0 Å².